The maximum Gasteiger partial charge on any atom is 0.203 e. The quantitative estimate of drug-likeness (QED) is 0.822. The van der Waals surface area contributed by atoms with Gasteiger partial charge in [0.1, 0.15) is 0 Å². The van der Waals surface area contributed by atoms with Gasteiger partial charge in [-0.2, -0.15) is 0 Å². The molecule has 0 saturated heterocycles. The zero-order valence-electron chi connectivity index (χ0n) is 12.3. The molecule has 1 aliphatic carbocycles. The topological polar surface area (TPSA) is 39.1 Å². The number of nitrogens with zero attached hydrogens (tertiary/aromatic N) is 2. The highest BCUT2D eigenvalue weighted by molar-refractivity contribution is 5.27. The Morgan fingerprint density at radius 3 is 2.84 bits per heavy atom. The van der Waals surface area contributed by atoms with Crippen LogP contribution in [0.3, 0.4) is 0 Å². The van der Waals surface area contributed by atoms with Crippen LogP contribution in [0.25, 0.3) is 0 Å². The molecule has 1 fully saturated rings. The van der Waals surface area contributed by atoms with E-state index in [4.69, 9.17) is 4.74 Å². The van der Waals surface area contributed by atoms with Gasteiger partial charge in [0, 0.05) is 32.1 Å². The normalized spacial score (nSPS) is 23.5. The molecule has 1 aliphatic rings. The Kier molecular flexibility index (Phi) is 5.70. The zero-order valence-corrected chi connectivity index (χ0v) is 12.3. The maximum absolute atomic E-state index is 5.12. The van der Waals surface area contributed by atoms with E-state index < -0.39 is 0 Å². The molecule has 0 atom stereocenters. The molecule has 1 saturated carbocycles. The minimum atomic E-state index is 0.594. The summed E-state index contributed by atoms with van der Waals surface area (Å²) in [4.78, 5) is 4.41. The van der Waals surface area contributed by atoms with Crippen molar-refractivity contribution >= 4 is 5.95 Å². The summed E-state index contributed by atoms with van der Waals surface area (Å²) in [5, 5.41) is 3.60. The van der Waals surface area contributed by atoms with Crippen LogP contribution in [0.1, 0.15) is 45.4 Å². The van der Waals surface area contributed by atoms with Crippen molar-refractivity contribution < 1.29 is 4.74 Å². The van der Waals surface area contributed by atoms with E-state index in [1.807, 2.05) is 12.4 Å². The number of hydrogen-bond donors (Lipinski definition) is 1. The molecule has 108 valence electrons. The van der Waals surface area contributed by atoms with Gasteiger partial charge in [-0.15, -0.1) is 0 Å². The van der Waals surface area contributed by atoms with Crippen LogP contribution in [0.15, 0.2) is 12.4 Å². The fourth-order valence-corrected chi connectivity index (χ4v) is 3.01. The van der Waals surface area contributed by atoms with Crippen molar-refractivity contribution in [3.63, 3.8) is 0 Å². The average Bonchev–Trinajstić information content (AvgIpc) is 2.86. The van der Waals surface area contributed by atoms with Crippen LogP contribution in [-0.2, 0) is 11.3 Å². The Balaban J connectivity index is 1.80. The summed E-state index contributed by atoms with van der Waals surface area (Å²) in [5.74, 6) is 1.95. The molecule has 19 heavy (non-hydrogen) atoms. The lowest BCUT2D eigenvalue weighted by atomic mass is 9.83. The second kappa shape index (κ2) is 7.53. The van der Waals surface area contributed by atoms with Crippen molar-refractivity contribution in [3.8, 4) is 0 Å². The summed E-state index contributed by atoms with van der Waals surface area (Å²) in [5.41, 5.74) is 0. The van der Waals surface area contributed by atoms with Crippen LogP contribution in [0.2, 0.25) is 0 Å². The average molecular weight is 265 g/mol. The fraction of sp³-hybridized carbons (Fsp3) is 0.800. The third-order valence-corrected chi connectivity index (χ3v) is 4.13. The van der Waals surface area contributed by atoms with Crippen LogP contribution in [0.5, 0.6) is 0 Å². The molecule has 1 aromatic heterocycles. The Labute approximate surface area is 116 Å². The number of ether oxygens (including phenoxy) is 1. The SMILES string of the molecule is CCCC1CCC(Nc2nccn2CCOC)CC1. The molecular weight excluding hydrogens is 238 g/mol. The molecule has 0 amide bonds. The molecule has 0 spiro atoms. The minimum absolute atomic E-state index is 0.594. The first-order valence-corrected chi connectivity index (χ1v) is 7.60. The van der Waals surface area contributed by atoms with Crippen molar-refractivity contribution in [3.05, 3.63) is 12.4 Å². The fourth-order valence-electron chi connectivity index (χ4n) is 3.01. The molecule has 4 nitrogen and oxygen atoms in total. The second-order valence-electron chi connectivity index (χ2n) is 5.59. The first-order valence-electron chi connectivity index (χ1n) is 7.60. The van der Waals surface area contributed by atoms with Crippen LogP contribution in [0.4, 0.5) is 5.95 Å². The van der Waals surface area contributed by atoms with E-state index in [0.717, 1.165) is 25.0 Å². The van der Waals surface area contributed by atoms with E-state index in [2.05, 4.69) is 21.8 Å². The van der Waals surface area contributed by atoms with E-state index in [9.17, 15) is 0 Å². The molecular formula is C15H27N3O. The van der Waals surface area contributed by atoms with Crippen molar-refractivity contribution in [2.75, 3.05) is 19.0 Å². The van der Waals surface area contributed by atoms with E-state index in [0.29, 0.717) is 6.04 Å². The third-order valence-electron chi connectivity index (χ3n) is 4.13. The molecule has 4 heteroatoms. The number of nitrogens with one attached hydrogen (secondary N) is 1. The lowest BCUT2D eigenvalue weighted by molar-refractivity contribution is 0.187. The van der Waals surface area contributed by atoms with Gasteiger partial charge < -0.3 is 14.6 Å². The van der Waals surface area contributed by atoms with Crippen LogP contribution in [-0.4, -0.2) is 29.3 Å². The van der Waals surface area contributed by atoms with Crippen LogP contribution in [0, 0.1) is 5.92 Å². The predicted molar refractivity (Wildman–Crippen MR) is 78.4 cm³/mol. The van der Waals surface area contributed by atoms with Gasteiger partial charge in [-0.05, 0) is 31.6 Å². The van der Waals surface area contributed by atoms with Crippen molar-refractivity contribution in [1.82, 2.24) is 9.55 Å². The molecule has 1 N–H and O–H groups in total. The summed E-state index contributed by atoms with van der Waals surface area (Å²) in [7, 11) is 1.74. The summed E-state index contributed by atoms with van der Waals surface area (Å²) in [6.45, 7) is 3.88. The standard InChI is InChI=1S/C15H27N3O/c1-3-4-13-5-7-14(8-6-13)17-15-16-9-10-18(15)11-12-19-2/h9-10,13-14H,3-8,11-12H2,1-2H3,(H,16,17). The first kappa shape index (κ1) is 14.4. The highest BCUT2D eigenvalue weighted by atomic mass is 16.5. The van der Waals surface area contributed by atoms with E-state index in [-0.39, 0.29) is 0 Å². The molecule has 0 radical (unpaired) electrons. The second-order valence-corrected chi connectivity index (χ2v) is 5.59. The van der Waals surface area contributed by atoms with Crippen molar-refractivity contribution in [1.29, 1.82) is 0 Å². The number of aromatic nitrogens is 2. The van der Waals surface area contributed by atoms with Gasteiger partial charge in [0.25, 0.3) is 0 Å². The summed E-state index contributed by atoms with van der Waals surface area (Å²) >= 11 is 0. The van der Waals surface area contributed by atoms with Gasteiger partial charge in [-0.25, -0.2) is 4.98 Å². The van der Waals surface area contributed by atoms with Gasteiger partial charge in [-0.3, -0.25) is 0 Å². The highest BCUT2D eigenvalue weighted by Crippen LogP contribution is 2.29. The summed E-state index contributed by atoms with van der Waals surface area (Å²) in [6, 6.07) is 0.594. The maximum atomic E-state index is 5.12. The number of imidazole rings is 1. The third kappa shape index (κ3) is 4.23. The Hall–Kier alpha value is -1.03. The number of rotatable bonds is 7. The number of hydrogen-bond acceptors (Lipinski definition) is 3. The largest absolute Gasteiger partial charge is 0.383 e. The van der Waals surface area contributed by atoms with Crippen molar-refractivity contribution in [2.45, 2.75) is 58.0 Å². The monoisotopic (exact) mass is 265 g/mol. The lowest BCUT2D eigenvalue weighted by Gasteiger charge is -2.29. The molecule has 0 unspecified atom stereocenters. The Morgan fingerprint density at radius 2 is 2.16 bits per heavy atom. The van der Waals surface area contributed by atoms with Crippen LogP contribution < -0.4 is 5.32 Å². The number of methoxy groups -OCH3 is 1. The first-order chi connectivity index (χ1) is 9.33. The van der Waals surface area contributed by atoms with E-state index in [1.54, 1.807) is 7.11 Å². The minimum Gasteiger partial charge on any atom is -0.383 e. The molecule has 0 bridgehead atoms. The van der Waals surface area contributed by atoms with E-state index >= 15 is 0 Å². The highest BCUT2D eigenvalue weighted by Gasteiger charge is 2.21. The molecule has 2 rings (SSSR count). The van der Waals surface area contributed by atoms with Gasteiger partial charge in [0.15, 0.2) is 0 Å². The van der Waals surface area contributed by atoms with Gasteiger partial charge in [0.05, 0.1) is 6.61 Å². The Morgan fingerprint density at radius 1 is 1.37 bits per heavy atom. The zero-order chi connectivity index (χ0) is 13.5. The van der Waals surface area contributed by atoms with E-state index in [1.165, 1.54) is 38.5 Å². The number of anilines is 1. The van der Waals surface area contributed by atoms with Gasteiger partial charge in [0.2, 0.25) is 5.95 Å². The lowest BCUT2D eigenvalue weighted by Crippen LogP contribution is -2.27. The smallest absolute Gasteiger partial charge is 0.203 e. The van der Waals surface area contributed by atoms with Crippen molar-refractivity contribution in [2.24, 2.45) is 5.92 Å². The molecule has 0 aliphatic heterocycles. The predicted octanol–water partition coefficient (Wildman–Crippen LogP) is 3.30. The molecule has 0 aromatic carbocycles. The Bertz CT molecular complexity index is 356. The van der Waals surface area contributed by atoms with Gasteiger partial charge >= 0.3 is 0 Å². The molecule has 1 aromatic rings. The van der Waals surface area contributed by atoms with Crippen LogP contribution >= 0.6 is 0 Å². The summed E-state index contributed by atoms with van der Waals surface area (Å²) < 4.78 is 7.27. The molecule has 1 heterocycles. The van der Waals surface area contributed by atoms with Gasteiger partial charge in [-0.1, -0.05) is 19.8 Å². The summed E-state index contributed by atoms with van der Waals surface area (Å²) in [6.07, 6.45) is 11.9.